The number of carbonyl (C=O) groups is 3. The summed E-state index contributed by atoms with van der Waals surface area (Å²) in [6.07, 6.45) is 6.63. The van der Waals surface area contributed by atoms with E-state index in [0.29, 0.717) is 36.9 Å². The number of aryl methyl sites for hydroxylation is 1. The van der Waals surface area contributed by atoms with Crippen LogP contribution in [0.4, 0.5) is 28.7 Å². The molecule has 3 aromatic carbocycles. The summed E-state index contributed by atoms with van der Waals surface area (Å²) in [5, 5.41) is 20.2. The summed E-state index contributed by atoms with van der Waals surface area (Å²) in [6.45, 7) is 15.7. The van der Waals surface area contributed by atoms with Crippen LogP contribution < -0.4 is 31.1 Å². The molecule has 15 nitrogen and oxygen atoms in total. The molecule has 2 aromatic heterocycles. The second-order valence-corrected chi connectivity index (χ2v) is 17.4. The Hall–Kier alpha value is -6.35. The van der Waals surface area contributed by atoms with Crippen molar-refractivity contribution in [1.29, 1.82) is 0 Å². The lowest BCUT2D eigenvalue weighted by Crippen LogP contribution is -2.49. The molecule has 3 fully saturated rings. The van der Waals surface area contributed by atoms with Crippen molar-refractivity contribution >= 4 is 46.4 Å². The summed E-state index contributed by atoms with van der Waals surface area (Å²) in [5.74, 6) is 0.494. The number of hydrogen-bond donors (Lipinski definition) is 4. The topological polar surface area (TPSA) is 166 Å². The molecule has 4 N–H and O–H groups in total. The Bertz CT molecular complexity index is 2340. The first-order valence-electron chi connectivity index (χ1n) is 21.4. The molecule has 8 rings (SSSR count). The maximum absolute atomic E-state index is 12.7. The summed E-state index contributed by atoms with van der Waals surface area (Å²) < 4.78 is 1.69. The molecule has 0 radical (unpaired) electrons. The minimum atomic E-state index is -0.381. The number of benzene rings is 3. The molecule has 1 unspecified atom stereocenters. The molecule has 0 spiro atoms. The van der Waals surface area contributed by atoms with Crippen LogP contribution in [0.25, 0.3) is 11.3 Å². The molecule has 61 heavy (non-hydrogen) atoms. The second-order valence-electron chi connectivity index (χ2n) is 17.4. The lowest BCUT2D eigenvalue weighted by atomic mass is 9.95. The van der Waals surface area contributed by atoms with E-state index >= 15 is 0 Å². The van der Waals surface area contributed by atoms with Gasteiger partial charge in [0.15, 0.2) is 5.69 Å². The highest BCUT2D eigenvalue weighted by Gasteiger charge is 2.28. The van der Waals surface area contributed by atoms with Gasteiger partial charge in [-0.25, -0.2) is 14.6 Å². The van der Waals surface area contributed by atoms with E-state index in [1.54, 1.807) is 17.1 Å². The number of nitrogens with one attached hydrogen (secondary N) is 4. The fourth-order valence-electron chi connectivity index (χ4n) is 8.23. The number of piperidine rings is 2. The van der Waals surface area contributed by atoms with Gasteiger partial charge in [0.05, 0.1) is 17.4 Å². The van der Waals surface area contributed by atoms with E-state index in [2.05, 4.69) is 93.7 Å². The number of nitrogens with zero attached hydrogens (tertiary/aromatic N) is 8. The molecule has 3 amide bonds. The Morgan fingerprint density at radius 2 is 1.62 bits per heavy atom. The average molecular weight is 825 g/mol. The van der Waals surface area contributed by atoms with Crippen molar-refractivity contribution < 1.29 is 14.4 Å². The first kappa shape index (κ1) is 41.4. The Morgan fingerprint density at radius 3 is 2.34 bits per heavy atom. The van der Waals surface area contributed by atoms with Crippen LogP contribution in [0.5, 0.6) is 0 Å². The molecule has 318 valence electrons. The number of rotatable bonds is 12. The zero-order valence-electron chi connectivity index (χ0n) is 35.5. The zero-order chi connectivity index (χ0) is 42.5. The Labute approximate surface area is 357 Å². The van der Waals surface area contributed by atoms with E-state index in [-0.39, 0.29) is 29.3 Å². The van der Waals surface area contributed by atoms with Gasteiger partial charge in [0.2, 0.25) is 17.8 Å². The monoisotopic (exact) mass is 824 g/mol. The van der Waals surface area contributed by atoms with Crippen molar-refractivity contribution in [3.8, 4) is 11.3 Å². The first-order chi connectivity index (χ1) is 29.4. The molecular formula is C46H56N12O3. The average Bonchev–Trinajstić information content (AvgIpc) is 3.78. The second kappa shape index (κ2) is 18.1. The number of anilines is 5. The molecule has 0 saturated carbocycles. The van der Waals surface area contributed by atoms with Gasteiger partial charge in [0.25, 0.3) is 5.91 Å². The van der Waals surface area contributed by atoms with Gasteiger partial charge in [-0.05, 0) is 119 Å². The van der Waals surface area contributed by atoms with Crippen molar-refractivity contribution in [3.63, 3.8) is 0 Å². The predicted octanol–water partition coefficient (Wildman–Crippen LogP) is 5.73. The third kappa shape index (κ3) is 10.3. The van der Waals surface area contributed by atoms with E-state index in [1.807, 2.05) is 58.0 Å². The molecular weight excluding hydrogens is 769 g/mol. The van der Waals surface area contributed by atoms with Gasteiger partial charge in [0, 0.05) is 93.3 Å². The molecule has 5 aromatic rings. The van der Waals surface area contributed by atoms with Gasteiger partial charge < -0.3 is 25.8 Å². The van der Waals surface area contributed by atoms with Gasteiger partial charge in [-0.15, -0.1) is 5.10 Å². The van der Waals surface area contributed by atoms with Crippen LogP contribution >= 0.6 is 0 Å². The largest absolute Gasteiger partial charge is 0.374 e. The van der Waals surface area contributed by atoms with Crippen LogP contribution in [0, 0.1) is 12.8 Å². The van der Waals surface area contributed by atoms with E-state index in [1.165, 1.54) is 11.4 Å². The molecule has 3 aliphatic heterocycles. The van der Waals surface area contributed by atoms with Crippen molar-refractivity contribution in [2.24, 2.45) is 5.92 Å². The van der Waals surface area contributed by atoms with Crippen LogP contribution in [0.2, 0.25) is 0 Å². The highest BCUT2D eigenvalue weighted by Crippen LogP contribution is 2.29. The van der Waals surface area contributed by atoms with Gasteiger partial charge >= 0.3 is 0 Å². The maximum atomic E-state index is 12.7. The highest BCUT2D eigenvalue weighted by molar-refractivity contribution is 6.01. The lowest BCUT2D eigenvalue weighted by Gasteiger charge is -2.40. The zero-order valence-corrected chi connectivity index (χ0v) is 35.5. The minimum Gasteiger partial charge on any atom is -0.374 e. The third-order valence-electron chi connectivity index (χ3n) is 11.9. The van der Waals surface area contributed by atoms with Crippen molar-refractivity contribution in [1.82, 2.24) is 40.5 Å². The third-order valence-corrected chi connectivity index (χ3v) is 11.9. The fraction of sp³-hybridized carbons (Fsp3) is 0.413. The highest BCUT2D eigenvalue weighted by atomic mass is 16.2. The normalized spacial score (nSPS) is 17.9. The van der Waals surface area contributed by atoms with Crippen molar-refractivity contribution in [2.75, 3.05) is 66.2 Å². The number of aromatic nitrogens is 5. The van der Waals surface area contributed by atoms with E-state index < -0.39 is 0 Å². The lowest BCUT2D eigenvalue weighted by molar-refractivity contribution is -0.133. The minimum absolute atomic E-state index is 0.200. The standard InChI is InChI=1S/C46H56N12O3/c1-31-26-33(8-9-34(31)28-48-43(60)41-30-58(54-53-41)46(2,3)4)39-16-19-47-45(51-39)50-35-10-12-37(13-11-35)57-24-22-55(23-25-57)29-32-17-20-56(21-18-32)38-7-5-6-36(27-38)49-40-14-15-42(59)52-44(40)61/h5-13,16,19,26-27,30,32,40,49H,14-15,17-18,20-25,28-29H2,1-4H3,(H,48,60)(H,47,50,51)(H,52,59,61). The van der Waals surface area contributed by atoms with E-state index in [9.17, 15) is 14.4 Å². The van der Waals surface area contributed by atoms with Crippen LogP contribution in [-0.4, -0.2) is 99.4 Å². The molecule has 0 bridgehead atoms. The Balaban J connectivity index is 0.773. The SMILES string of the molecule is Cc1cc(-c2ccnc(Nc3ccc(N4CCN(CC5CCN(c6cccc(NC7CCC(=O)NC7=O)c6)CC5)CC4)cc3)n2)ccc1CNC(=O)c1cn(C(C)(C)C)nn1. The van der Waals surface area contributed by atoms with Crippen LogP contribution in [0.1, 0.15) is 68.1 Å². The quantitative estimate of drug-likeness (QED) is 0.113. The molecule has 0 aliphatic carbocycles. The molecule has 1 atom stereocenters. The number of hydrogen-bond acceptors (Lipinski definition) is 12. The number of amides is 3. The van der Waals surface area contributed by atoms with Crippen LogP contribution in [0.15, 0.2) is 85.2 Å². The number of imide groups is 1. The summed E-state index contributed by atoms with van der Waals surface area (Å²) in [5.41, 5.74) is 8.09. The summed E-state index contributed by atoms with van der Waals surface area (Å²) >= 11 is 0. The van der Waals surface area contributed by atoms with Gasteiger partial charge in [-0.3, -0.25) is 24.6 Å². The summed E-state index contributed by atoms with van der Waals surface area (Å²) in [4.78, 5) is 53.3. The van der Waals surface area contributed by atoms with Gasteiger partial charge in [-0.2, -0.15) is 0 Å². The Kier molecular flexibility index (Phi) is 12.3. The summed E-state index contributed by atoms with van der Waals surface area (Å²) in [6, 6.07) is 24.4. The van der Waals surface area contributed by atoms with E-state index in [0.717, 1.165) is 92.4 Å². The van der Waals surface area contributed by atoms with Crippen LogP contribution in [-0.2, 0) is 21.7 Å². The Morgan fingerprint density at radius 1 is 0.852 bits per heavy atom. The van der Waals surface area contributed by atoms with Gasteiger partial charge in [0.1, 0.15) is 6.04 Å². The smallest absolute Gasteiger partial charge is 0.273 e. The fourth-order valence-corrected chi connectivity index (χ4v) is 8.23. The van der Waals surface area contributed by atoms with E-state index in [4.69, 9.17) is 4.98 Å². The molecule has 3 aliphatic rings. The first-order valence-corrected chi connectivity index (χ1v) is 21.4. The number of piperazine rings is 1. The predicted molar refractivity (Wildman–Crippen MR) is 238 cm³/mol. The molecule has 5 heterocycles. The maximum Gasteiger partial charge on any atom is 0.273 e. The van der Waals surface area contributed by atoms with Gasteiger partial charge in [-0.1, -0.05) is 23.4 Å². The molecule has 3 saturated heterocycles. The molecule has 15 heteroatoms. The van der Waals surface area contributed by atoms with Crippen LogP contribution in [0.3, 0.4) is 0 Å². The number of carbonyl (C=O) groups excluding carboxylic acids is 3. The van der Waals surface area contributed by atoms with Crippen molar-refractivity contribution in [3.05, 3.63) is 102 Å². The summed E-state index contributed by atoms with van der Waals surface area (Å²) in [7, 11) is 0. The van der Waals surface area contributed by atoms with Crippen molar-refractivity contribution in [2.45, 2.75) is 71.5 Å².